The van der Waals surface area contributed by atoms with Crippen LogP contribution in [0.15, 0.2) is 18.2 Å². The summed E-state index contributed by atoms with van der Waals surface area (Å²) in [6.07, 6.45) is 2.21. The van der Waals surface area contributed by atoms with Gasteiger partial charge in [0, 0.05) is 12.0 Å². The summed E-state index contributed by atoms with van der Waals surface area (Å²) < 4.78 is 12.4. The van der Waals surface area contributed by atoms with Gasteiger partial charge in [0.1, 0.15) is 22.9 Å². The number of aliphatic hydroxyl groups is 1. The Morgan fingerprint density at radius 1 is 1.30 bits per heavy atom. The lowest BCUT2D eigenvalue weighted by Gasteiger charge is -2.12. The zero-order valence-corrected chi connectivity index (χ0v) is 11.5. The van der Waals surface area contributed by atoms with Crippen LogP contribution in [0.3, 0.4) is 0 Å². The molecule has 1 fully saturated rings. The number of aliphatic hydroxyl groups excluding tert-OH is 1. The first kappa shape index (κ1) is 12.9. The number of hydrogen-bond acceptors (Lipinski definition) is 5. The van der Waals surface area contributed by atoms with Crippen molar-refractivity contribution in [2.75, 3.05) is 14.2 Å². The second-order valence-electron chi connectivity index (χ2n) is 4.80. The van der Waals surface area contributed by atoms with Gasteiger partial charge >= 0.3 is 0 Å². The molecule has 0 spiro atoms. The van der Waals surface area contributed by atoms with Crippen molar-refractivity contribution in [3.05, 3.63) is 29.6 Å². The molecule has 1 aromatic heterocycles. The summed E-state index contributed by atoms with van der Waals surface area (Å²) in [5.74, 6) is 1.84. The highest BCUT2D eigenvalue weighted by Gasteiger charge is 2.32. The van der Waals surface area contributed by atoms with Crippen molar-refractivity contribution in [2.45, 2.75) is 25.4 Å². The molecule has 1 N–H and O–H groups in total. The van der Waals surface area contributed by atoms with Gasteiger partial charge in [-0.2, -0.15) is 0 Å². The number of ether oxygens (including phenoxy) is 2. The highest BCUT2D eigenvalue weighted by atomic mass is 16.5. The van der Waals surface area contributed by atoms with Crippen LogP contribution in [0, 0.1) is 0 Å². The number of methoxy groups -OCH3 is 2. The van der Waals surface area contributed by atoms with E-state index in [0.29, 0.717) is 17.4 Å². The van der Waals surface area contributed by atoms with Crippen LogP contribution in [0.4, 0.5) is 0 Å². The third-order valence-electron chi connectivity index (χ3n) is 3.51. The Morgan fingerprint density at radius 3 is 2.70 bits per heavy atom. The minimum absolute atomic E-state index is 0.0991. The summed E-state index contributed by atoms with van der Waals surface area (Å²) in [7, 11) is 3.24. The average Bonchev–Trinajstić information content (AvgIpc) is 3.25. The number of benzene rings is 1. The monoisotopic (exact) mass is 275 g/mol. The number of aromatic nitrogens is 3. The van der Waals surface area contributed by atoms with E-state index in [-0.39, 0.29) is 6.61 Å². The van der Waals surface area contributed by atoms with Gasteiger partial charge in [0.15, 0.2) is 0 Å². The molecule has 6 heteroatoms. The van der Waals surface area contributed by atoms with Crippen molar-refractivity contribution in [3.63, 3.8) is 0 Å². The van der Waals surface area contributed by atoms with E-state index in [2.05, 4.69) is 10.3 Å². The largest absolute Gasteiger partial charge is 0.497 e. The topological polar surface area (TPSA) is 69.4 Å². The van der Waals surface area contributed by atoms with E-state index >= 15 is 0 Å². The first-order valence-corrected chi connectivity index (χ1v) is 6.56. The summed E-state index contributed by atoms with van der Waals surface area (Å²) in [4.78, 5) is 0. The summed E-state index contributed by atoms with van der Waals surface area (Å²) in [6.45, 7) is -0.0991. The van der Waals surface area contributed by atoms with E-state index in [4.69, 9.17) is 9.47 Å². The summed E-state index contributed by atoms with van der Waals surface area (Å²) in [6, 6.07) is 5.54. The van der Waals surface area contributed by atoms with Crippen LogP contribution in [0.5, 0.6) is 11.5 Å². The van der Waals surface area contributed by atoms with Gasteiger partial charge in [0.25, 0.3) is 0 Å². The standard InChI is InChI=1S/C14H17N3O3/c1-19-10-5-6-13(20-2)12(7-10)17-14(9-3-4-9)11(8-18)15-16-17/h5-7,9,18H,3-4,8H2,1-2H3. The minimum atomic E-state index is -0.0991. The van der Waals surface area contributed by atoms with Crippen LogP contribution in [-0.2, 0) is 6.61 Å². The molecule has 1 aliphatic rings. The van der Waals surface area contributed by atoms with Gasteiger partial charge in [-0.15, -0.1) is 5.10 Å². The first-order chi connectivity index (χ1) is 9.78. The minimum Gasteiger partial charge on any atom is -0.497 e. The third kappa shape index (κ3) is 2.12. The summed E-state index contributed by atoms with van der Waals surface area (Å²) in [5, 5.41) is 17.7. The van der Waals surface area contributed by atoms with E-state index < -0.39 is 0 Å². The molecule has 6 nitrogen and oxygen atoms in total. The van der Waals surface area contributed by atoms with Crippen molar-refractivity contribution < 1.29 is 14.6 Å². The van der Waals surface area contributed by atoms with Crippen LogP contribution in [0.2, 0.25) is 0 Å². The second-order valence-corrected chi connectivity index (χ2v) is 4.80. The van der Waals surface area contributed by atoms with Gasteiger partial charge in [-0.25, -0.2) is 4.68 Å². The molecule has 1 heterocycles. The molecule has 0 amide bonds. The molecule has 20 heavy (non-hydrogen) atoms. The number of hydrogen-bond donors (Lipinski definition) is 1. The zero-order chi connectivity index (χ0) is 14.1. The smallest absolute Gasteiger partial charge is 0.144 e. The molecule has 2 aromatic rings. The summed E-state index contributed by atoms with van der Waals surface area (Å²) in [5.41, 5.74) is 2.39. The Kier molecular flexibility index (Phi) is 3.31. The fourth-order valence-corrected chi connectivity index (χ4v) is 2.34. The van der Waals surface area contributed by atoms with Gasteiger partial charge < -0.3 is 14.6 Å². The lowest BCUT2D eigenvalue weighted by Crippen LogP contribution is -2.05. The van der Waals surface area contributed by atoms with Crippen molar-refractivity contribution in [2.24, 2.45) is 0 Å². The normalized spacial score (nSPS) is 14.3. The SMILES string of the molecule is COc1ccc(OC)c(-n2nnc(CO)c2C2CC2)c1. The van der Waals surface area contributed by atoms with E-state index in [1.54, 1.807) is 18.9 Å². The van der Waals surface area contributed by atoms with Gasteiger partial charge in [-0.1, -0.05) is 5.21 Å². The van der Waals surface area contributed by atoms with Crippen molar-refractivity contribution in [1.82, 2.24) is 15.0 Å². The van der Waals surface area contributed by atoms with Crippen molar-refractivity contribution in [1.29, 1.82) is 0 Å². The molecule has 0 radical (unpaired) electrons. The highest BCUT2D eigenvalue weighted by molar-refractivity contribution is 5.52. The molecule has 106 valence electrons. The molecule has 0 aliphatic heterocycles. The Hall–Kier alpha value is -2.08. The average molecular weight is 275 g/mol. The molecule has 0 saturated heterocycles. The molecule has 0 unspecified atom stereocenters. The zero-order valence-electron chi connectivity index (χ0n) is 11.5. The first-order valence-electron chi connectivity index (χ1n) is 6.56. The molecule has 1 saturated carbocycles. The maximum Gasteiger partial charge on any atom is 0.144 e. The van der Waals surface area contributed by atoms with Gasteiger partial charge in [-0.3, -0.25) is 0 Å². The van der Waals surface area contributed by atoms with Crippen LogP contribution >= 0.6 is 0 Å². The van der Waals surface area contributed by atoms with Gasteiger partial charge in [-0.05, 0) is 25.0 Å². The molecule has 0 bridgehead atoms. The van der Waals surface area contributed by atoms with Gasteiger partial charge in [0.2, 0.25) is 0 Å². The fraction of sp³-hybridized carbons (Fsp3) is 0.429. The quantitative estimate of drug-likeness (QED) is 0.898. The summed E-state index contributed by atoms with van der Waals surface area (Å²) >= 11 is 0. The molecule has 3 rings (SSSR count). The van der Waals surface area contributed by atoms with Crippen molar-refractivity contribution >= 4 is 0 Å². The van der Waals surface area contributed by atoms with Gasteiger partial charge in [0.05, 0.1) is 26.5 Å². The number of nitrogens with zero attached hydrogens (tertiary/aromatic N) is 3. The van der Waals surface area contributed by atoms with E-state index in [1.807, 2.05) is 18.2 Å². The highest BCUT2D eigenvalue weighted by Crippen LogP contribution is 2.43. The maximum absolute atomic E-state index is 9.41. The molecule has 0 atom stereocenters. The Bertz CT molecular complexity index is 620. The predicted octanol–water partition coefficient (Wildman–Crippen LogP) is 1.65. The van der Waals surface area contributed by atoms with E-state index in [1.165, 1.54) is 0 Å². The van der Waals surface area contributed by atoms with Crippen molar-refractivity contribution in [3.8, 4) is 17.2 Å². The Morgan fingerprint density at radius 2 is 2.10 bits per heavy atom. The lowest BCUT2D eigenvalue weighted by molar-refractivity contribution is 0.275. The Labute approximate surface area is 116 Å². The fourth-order valence-electron chi connectivity index (χ4n) is 2.34. The van der Waals surface area contributed by atoms with Crippen LogP contribution in [0.1, 0.15) is 30.1 Å². The second kappa shape index (κ2) is 5.13. The Balaban J connectivity index is 2.14. The van der Waals surface area contributed by atoms with Crippen LogP contribution in [0.25, 0.3) is 5.69 Å². The van der Waals surface area contributed by atoms with E-state index in [0.717, 1.165) is 30.0 Å². The molecule has 1 aliphatic carbocycles. The van der Waals surface area contributed by atoms with Crippen LogP contribution < -0.4 is 9.47 Å². The lowest BCUT2D eigenvalue weighted by atomic mass is 10.2. The molecule has 1 aromatic carbocycles. The van der Waals surface area contributed by atoms with Crippen LogP contribution in [-0.4, -0.2) is 34.3 Å². The van der Waals surface area contributed by atoms with E-state index in [9.17, 15) is 5.11 Å². The third-order valence-corrected chi connectivity index (χ3v) is 3.51. The number of rotatable bonds is 5. The predicted molar refractivity (Wildman–Crippen MR) is 72.4 cm³/mol. The maximum atomic E-state index is 9.41. The molecular weight excluding hydrogens is 258 g/mol. The molecular formula is C14H17N3O3.